The number of anilines is 1. The van der Waals surface area contributed by atoms with Crippen LogP contribution in [0.15, 0.2) is 36.5 Å². The first kappa shape index (κ1) is 34.8. The van der Waals surface area contributed by atoms with Gasteiger partial charge in [0.2, 0.25) is 0 Å². The van der Waals surface area contributed by atoms with Crippen LogP contribution in [0.2, 0.25) is 5.02 Å². The molecule has 4 aromatic rings. The van der Waals surface area contributed by atoms with Crippen LogP contribution in [0.25, 0.3) is 32.9 Å². The molecule has 2 saturated heterocycles. The fourth-order valence-corrected chi connectivity index (χ4v) is 6.61. The quantitative estimate of drug-likeness (QED) is 0.233. The van der Waals surface area contributed by atoms with Crippen LogP contribution in [0.4, 0.5) is 28.6 Å². The lowest BCUT2D eigenvalue weighted by Gasteiger charge is -2.39. The maximum Gasteiger partial charge on any atom is 0.410 e. The number of nitrogens with zero attached hydrogens (tertiary/aromatic N) is 7. The molecular formula is C34H33ClF3N7O5. The number of aromatic nitrogens is 3. The molecule has 0 saturated carbocycles. The average Bonchev–Trinajstić information content (AvgIpc) is 3.45. The van der Waals surface area contributed by atoms with E-state index in [4.69, 9.17) is 21.1 Å². The fourth-order valence-electron chi connectivity index (χ4n) is 6.33. The molecule has 0 unspecified atom stereocenters. The summed E-state index contributed by atoms with van der Waals surface area (Å²) in [5, 5.41) is 19.9. The van der Waals surface area contributed by atoms with Crippen molar-refractivity contribution in [1.29, 1.82) is 5.26 Å². The summed E-state index contributed by atoms with van der Waals surface area (Å²) in [6, 6.07) is 7.91. The molecule has 2 fully saturated rings. The Bertz CT molecular complexity index is 2020. The van der Waals surface area contributed by atoms with Crippen molar-refractivity contribution in [1.82, 2.24) is 24.8 Å². The van der Waals surface area contributed by atoms with Gasteiger partial charge in [0.05, 0.1) is 41.5 Å². The number of likely N-dealkylation sites (tertiary alicyclic amines) is 1. The maximum absolute atomic E-state index is 16.7. The summed E-state index contributed by atoms with van der Waals surface area (Å²) in [5.74, 6) is -1.42. The molecule has 3 atom stereocenters. The SMILES string of the molecule is CC(C)(C)OC(=O)N1C[C@H](F)C[C@H]1COc1nc(N2CCN(C(=O)O)[C@@H](CC#N)C2)c2cnc(-c3cccc4ccc(F)c(Cl)c34)c(F)c2n1. The van der Waals surface area contributed by atoms with Gasteiger partial charge in [0.1, 0.15) is 41.2 Å². The zero-order valence-corrected chi connectivity index (χ0v) is 28.1. The number of halogens is 4. The molecule has 0 spiro atoms. The van der Waals surface area contributed by atoms with Gasteiger partial charge in [-0.1, -0.05) is 35.9 Å². The van der Waals surface area contributed by atoms with E-state index in [9.17, 15) is 28.7 Å². The number of ether oxygens (including phenoxy) is 2. The fraction of sp³-hybridized carbons (Fsp3) is 0.412. The van der Waals surface area contributed by atoms with E-state index in [0.717, 1.165) is 0 Å². The zero-order valence-electron chi connectivity index (χ0n) is 27.4. The normalized spacial score (nSPS) is 19.6. The van der Waals surface area contributed by atoms with Crippen LogP contribution in [0.1, 0.15) is 33.6 Å². The lowest BCUT2D eigenvalue weighted by Crippen LogP contribution is -2.55. The minimum Gasteiger partial charge on any atom is -0.465 e. The Balaban J connectivity index is 1.43. The molecule has 0 radical (unpaired) electrons. The van der Waals surface area contributed by atoms with E-state index in [2.05, 4.69) is 15.0 Å². The highest BCUT2D eigenvalue weighted by atomic mass is 35.5. The summed E-state index contributed by atoms with van der Waals surface area (Å²) in [7, 11) is 0. The summed E-state index contributed by atoms with van der Waals surface area (Å²) >= 11 is 6.35. The van der Waals surface area contributed by atoms with Crippen molar-refractivity contribution in [3.63, 3.8) is 0 Å². The minimum atomic E-state index is -1.32. The molecule has 2 aromatic heterocycles. The van der Waals surface area contributed by atoms with Crippen LogP contribution in [0.5, 0.6) is 6.01 Å². The number of carbonyl (C=O) groups is 2. The standard InChI is InChI=1S/C34H33ClF3N7O5/c1-34(2,3)50-33(48)45-15-19(36)13-21(45)17-49-31-41-29-23(30(42-31)43-11-12-44(32(46)47)20(16-43)9-10-39)14-40-28(27(29)38)22-6-4-5-18-7-8-24(37)26(35)25(18)22/h4-8,14,19-21H,9,11-13,15-17H2,1-3H3,(H,46,47)/t19-,20+,21+/m1/s1. The first-order chi connectivity index (χ1) is 23.8. The molecule has 262 valence electrons. The number of hydrogen-bond acceptors (Lipinski definition) is 9. The second kappa shape index (κ2) is 13.7. The molecule has 0 aliphatic carbocycles. The molecule has 2 aromatic carbocycles. The molecule has 6 rings (SSSR count). The van der Waals surface area contributed by atoms with Gasteiger partial charge in [0, 0.05) is 43.2 Å². The number of piperazine rings is 1. The smallest absolute Gasteiger partial charge is 0.410 e. The zero-order chi connectivity index (χ0) is 35.9. The highest BCUT2D eigenvalue weighted by Gasteiger charge is 2.39. The third-order valence-electron chi connectivity index (χ3n) is 8.58. The predicted octanol–water partition coefficient (Wildman–Crippen LogP) is 6.59. The number of alkyl halides is 1. The molecule has 16 heteroatoms. The number of hydrogen-bond donors (Lipinski definition) is 1. The number of fused-ring (bicyclic) bond motifs is 2. The van der Waals surface area contributed by atoms with Crippen molar-refractivity contribution < 1.29 is 37.3 Å². The lowest BCUT2D eigenvalue weighted by molar-refractivity contribution is 0.0177. The van der Waals surface area contributed by atoms with E-state index in [1.165, 1.54) is 28.1 Å². The maximum atomic E-state index is 16.7. The van der Waals surface area contributed by atoms with E-state index in [0.29, 0.717) is 5.39 Å². The second-order valence-electron chi connectivity index (χ2n) is 13.1. The predicted molar refractivity (Wildman–Crippen MR) is 178 cm³/mol. The van der Waals surface area contributed by atoms with Crippen LogP contribution in [0, 0.1) is 23.0 Å². The summed E-state index contributed by atoms with van der Waals surface area (Å²) in [6.45, 7) is 4.86. The highest BCUT2D eigenvalue weighted by molar-refractivity contribution is 6.36. The summed E-state index contributed by atoms with van der Waals surface area (Å²) in [6.07, 6.45) is -1.99. The summed E-state index contributed by atoms with van der Waals surface area (Å²) in [4.78, 5) is 42.2. The first-order valence-electron chi connectivity index (χ1n) is 15.9. The Morgan fingerprint density at radius 2 is 1.88 bits per heavy atom. The van der Waals surface area contributed by atoms with Crippen LogP contribution in [0.3, 0.4) is 0 Å². The first-order valence-corrected chi connectivity index (χ1v) is 16.2. The third kappa shape index (κ3) is 6.84. The van der Waals surface area contributed by atoms with E-state index in [1.807, 2.05) is 6.07 Å². The number of carboxylic acid groups (broad SMARTS) is 1. The topological polar surface area (TPSA) is 145 Å². The van der Waals surface area contributed by atoms with Gasteiger partial charge in [-0.05, 0) is 32.2 Å². The average molecular weight is 712 g/mol. The van der Waals surface area contributed by atoms with Crippen molar-refractivity contribution in [2.24, 2.45) is 0 Å². The molecule has 2 aliphatic rings. The number of carbonyl (C=O) groups excluding carboxylic acids is 1. The lowest BCUT2D eigenvalue weighted by atomic mass is 10.0. The molecule has 4 heterocycles. The number of amides is 2. The molecule has 50 heavy (non-hydrogen) atoms. The van der Waals surface area contributed by atoms with Gasteiger partial charge in [-0.3, -0.25) is 9.88 Å². The molecule has 12 nitrogen and oxygen atoms in total. The van der Waals surface area contributed by atoms with Gasteiger partial charge in [-0.15, -0.1) is 0 Å². The van der Waals surface area contributed by atoms with Crippen molar-refractivity contribution >= 4 is 51.3 Å². The van der Waals surface area contributed by atoms with Crippen LogP contribution < -0.4 is 9.64 Å². The van der Waals surface area contributed by atoms with Gasteiger partial charge in [-0.2, -0.15) is 15.2 Å². The summed E-state index contributed by atoms with van der Waals surface area (Å²) in [5.41, 5.74) is -0.983. The van der Waals surface area contributed by atoms with Crippen molar-refractivity contribution in [3.05, 3.63) is 53.2 Å². The van der Waals surface area contributed by atoms with Crippen molar-refractivity contribution in [3.8, 4) is 23.3 Å². The van der Waals surface area contributed by atoms with Gasteiger partial charge < -0.3 is 24.4 Å². The van der Waals surface area contributed by atoms with Crippen molar-refractivity contribution in [2.45, 2.75) is 57.5 Å². The molecule has 2 aliphatic heterocycles. The van der Waals surface area contributed by atoms with Crippen LogP contribution in [-0.4, -0.2) is 98.7 Å². The van der Waals surface area contributed by atoms with E-state index in [1.54, 1.807) is 43.9 Å². The molecule has 1 N–H and O–H groups in total. The number of pyridine rings is 1. The Kier molecular flexibility index (Phi) is 9.50. The van der Waals surface area contributed by atoms with Gasteiger partial charge in [0.25, 0.3) is 0 Å². The number of benzene rings is 2. The van der Waals surface area contributed by atoms with E-state index < -0.39 is 47.7 Å². The summed E-state index contributed by atoms with van der Waals surface area (Å²) < 4.78 is 57.2. The largest absolute Gasteiger partial charge is 0.465 e. The van der Waals surface area contributed by atoms with Crippen molar-refractivity contribution in [2.75, 3.05) is 37.7 Å². The Hall–Kier alpha value is -5.10. The molecule has 0 bridgehead atoms. The van der Waals surface area contributed by atoms with Crippen LogP contribution >= 0.6 is 11.6 Å². The van der Waals surface area contributed by atoms with E-state index in [-0.39, 0.29) is 90.0 Å². The van der Waals surface area contributed by atoms with Gasteiger partial charge >= 0.3 is 18.2 Å². The number of rotatable bonds is 6. The number of nitriles is 1. The highest BCUT2D eigenvalue weighted by Crippen LogP contribution is 2.38. The Morgan fingerprint density at radius 1 is 1.10 bits per heavy atom. The monoisotopic (exact) mass is 711 g/mol. The third-order valence-corrected chi connectivity index (χ3v) is 8.95. The second-order valence-corrected chi connectivity index (χ2v) is 13.5. The Labute approximate surface area is 290 Å². The van der Waals surface area contributed by atoms with E-state index >= 15 is 4.39 Å². The minimum absolute atomic E-state index is 0.0300. The van der Waals surface area contributed by atoms with Gasteiger partial charge in [-0.25, -0.2) is 22.8 Å². The molecule has 2 amide bonds. The Morgan fingerprint density at radius 3 is 2.60 bits per heavy atom. The van der Waals surface area contributed by atoms with Gasteiger partial charge in [0.15, 0.2) is 5.82 Å². The van der Waals surface area contributed by atoms with Crippen LogP contribution in [-0.2, 0) is 4.74 Å². The molecular weight excluding hydrogens is 679 g/mol.